The number of carbonyl (C=O) groups is 1. The van der Waals surface area contributed by atoms with Gasteiger partial charge in [-0.2, -0.15) is 0 Å². The summed E-state index contributed by atoms with van der Waals surface area (Å²) < 4.78 is 0. The van der Waals surface area contributed by atoms with Crippen LogP contribution in [0.5, 0.6) is 0 Å². The second-order valence-electron chi connectivity index (χ2n) is 6.96. The van der Waals surface area contributed by atoms with Crippen LogP contribution in [0, 0.1) is 17.3 Å². The molecule has 0 aromatic heterocycles. The Labute approximate surface area is 118 Å². The minimum absolute atomic E-state index is 0.211. The Morgan fingerprint density at radius 2 is 2.05 bits per heavy atom. The molecule has 1 heterocycles. The zero-order chi connectivity index (χ0) is 13.9. The highest BCUT2D eigenvalue weighted by atomic mass is 16.2. The normalized spacial score (nSPS) is 24.3. The van der Waals surface area contributed by atoms with E-state index in [0.29, 0.717) is 11.8 Å². The Morgan fingerprint density at radius 3 is 2.58 bits per heavy atom. The fourth-order valence-electron chi connectivity index (χ4n) is 3.21. The summed E-state index contributed by atoms with van der Waals surface area (Å²) in [7, 11) is 0. The number of amides is 1. The molecule has 0 bridgehead atoms. The summed E-state index contributed by atoms with van der Waals surface area (Å²) in [6.07, 6.45) is 6.10. The number of hydrogen-bond donors (Lipinski definition) is 1. The first-order valence-corrected chi connectivity index (χ1v) is 8.05. The Balaban J connectivity index is 1.99. The lowest BCUT2D eigenvalue weighted by atomic mass is 9.74. The van der Waals surface area contributed by atoms with Crippen LogP contribution in [0.1, 0.15) is 52.9 Å². The lowest BCUT2D eigenvalue weighted by Crippen LogP contribution is -2.49. The van der Waals surface area contributed by atoms with Crippen molar-refractivity contribution in [1.82, 2.24) is 10.2 Å². The predicted octanol–water partition coefficient (Wildman–Crippen LogP) is 2.66. The molecule has 0 spiro atoms. The van der Waals surface area contributed by atoms with Gasteiger partial charge in [-0.1, -0.05) is 20.8 Å². The molecular weight excluding hydrogens is 236 g/mol. The maximum atomic E-state index is 12.9. The van der Waals surface area contributed by atoms with E-state index < -0.39 is 0 Å². The van der Waals surface area contributed by atoms with Crippen LogP contribution in [-0.2, 0) is 4.79 Å². The Bertz CT molecular complexity index is 304. The van der Waals surface area contributed by atoms with E-state index in [1.807, 2.05) is 0 Å². The summed E-state index contributed by atoms with van der Waals surface area (Å²) in [6, 6.07) is 0. The van der Waals surface area contributed by atoms with Gasteiger partial charge in [0.1, 0.15) is 0 Å². The molecule has 0 aromatic rings. The van der Waals surface area contributed by atoms with Crippen molar-refractivity contribution in [2.75, 3.05) is 26.2 Å². The van der Waals surface area contributed by atoms with E-state index in [1.54, 1.807) is 0 Å². The van der Waals surface area contributed by atoms with E-state index in [9.17, 15) is 4.79 Å². The Hall–Kier alpha value is -0.570. The molecule has 0 radical (unpaired) electrons. The second-order valence-corrected chi connectivity index (χ2v) is 6.96. The second kappa shape index (κ2) is 6.25. The van der Waals surface area contributed by atoms with Crippen LogP contribution < -0.4 is 5.32 Å². The predicted molar refractivity (Wildman–Crippen MR) is 79.0 cm³/mol. The fourth-order valence-corrected chi connectivity index (χ4v) is 3.21. The topological polar surface area (TPSA) is 32.3 Å². The van der Waals surface area contributed by atoms with E-state index in [1.165, 1.54) is 25.7 Å². The standard InChI is InChI=1S/C16H30N2O/c1-4-10-18(12-13-7-8-13)15(19)16(2,3)14-6-5-9-17-11-14/h13-14,17H,4-12H2,1-3H3. The van der Waals surface area contributed by atoms with Crippen LogP contribution in [-0.4, -0.2) is 37.0 Å². The molecule has 1 atom stereocenters. The molecule has 1 amide bonds. The van der Waals surface area contributed by atoms with Crippen molar-refractivity contribution in [2.45, 2.75) is 52.9 Å². The molecule has 3 heteroatoms. The van der Waals surface area contributed by atoms with Crippen molar-refractivity contribution >= 4 is 5.91 Å². The van der Waals surface area contributed by atoms with Gasteiger partial charge in [-0.15, -0.1) is 0 Å². The summed E-state index contributed by atoms with van der Waals surface area (Å²) in [4.78, 5) is 15.1. The lowest BCUT2D eigenvalue weighted by molar-refractivity contribution is -0.144. The van der Waals surface area contributed by atoms with Crippen LogP contribution in [0.4, 0.5) is 0 Å². The molecule has 2 fully saturated rings. The molecule has 1 saturated heterocycles. The molecule has 2 rings (SSSR count). The monoisotopic (exact) mass is 266 g/mol. The number of hydrogen-bond acceptors (Lipinski definition) is 2. The van der Waals surface area contributed by atoms with Gasteiger partial charge in [-0.25, -0.2) is 0 Å². The van der Waals surface area contributed by atoms with Gasteiger partial charge in [0.05, 0.1) is 0 Å². The van der Waals surface area contributed by atoms with Crippen LogP contribution in [0.15, 0.2) is 0 Å². The first-order chi connectivity index (χ1) is 9.05. The first-order valence-electron chi connectivity index (χ1n) is 8.05. The van der Waals surface area contributed by atoms with Crippen LogP contribution in [0.2, 0.25) is 0 Å². The van der Waals surface area contributed by atoms with Gasteiger partial charge in [0.2, 0.25) is 5.91 Å². The average molecular weight is 266 g/mol. The van der Waals surface area contributed by atoms with Gasteiger partial charge >= 0.3 is 0 Å². The van der Waals surface area contributed by atoms with Gasteiger partial charge in [0, 0.05) is 18.5 Å². The number of nitrogens with one attached hydrogen (secondary N) is 1. The van der Waals surface area contributed by atoms with E-state index in [-0.39, 0.29) is 5.41 Å². The van der Waals surface area contributed by atoms with Gasteiger partial charge in [0.15, 0.2) is 0 Å². The maximum absolute atomic E-state index is 12.9. The molecule has 1 aliphatic heterocycles. The number of nitrogens with zero attached hydrogens (tertiary/aromatic N) is 1. The molecule has 19 heavy (non-hydrogen) atoms. The van der Waals surface area contributed by atoms with Crippen molar-refractivity contribution < 1.29 is 4.79 Å². The van der Waals surface area contributed by atoms with Gasteiger partial charge in [-0.05, 0) is 57.0 Å². The highest BCUT2D eigenvalue weighted by Gasteiger charge is 2.40. The maximum Gasteiger partial charge on any atom is 0.228 e. The van der Waals surface area contributed by atoms with Crippen LogP contribution >= 0.6 is 0 Å². The molecule has 2 aliphatic rings. The van der Waals surface area contributed by atoms with E-state index in [0.717, 1.165) is 38.5 Å². The van der Waals surface area contributed by atoms with Gasteiger partial charge in [-0.3, -0.25) is 4.79 Å². The van der Waals surface area contributed by atoms with Crippen molar-refractivity contribution in [3.8, 4) is 0 Å². The van der Waals surface area contributed by atoms with Gasteiger partial charge < -0.3 is 10.2 Å². The van der Waals surface area contributed by atoms with Crippen molar-refractivity contribution in [3.63, 3.8) is 0 Å². The quantitative estimate of drug-likeness (QED) is 0.801. The molecule has 0 aromatic carbocycles. The van der Waals surface area contributed by atoms with Crippen molar-refractivity contribution in [1.29, 1.82) is 0 Å². The third-order valence-corrected chi connectivity index (χ3v) is 4.82. The zero-order valence-electron chi connectivity index (χ0n) is 12.9. The molecule has 1 unspecified atom stereocenters. The first kappa shape index (κ1) is 14.8. The lowest BCUT2D eigenvalue weighted by Gasteiger charge is -2.39. The Morgan fingerprint density at radius 1 is 1.32 bits per heavy atom. The molecule has 1 saturated carbocycles. The van der Waals surface area contributed by atoms with E-state index in [4.69, 9.17) is 0 Å². The average Bonchev–Trinajstić information content (AvgIpc) is 3.22. The molecule has 1 N–H and O–H groups in total. The summed E-state index contributed by atoms with van der Waals surface area (Å²) in [5, 5.41) is 3.45. The summed E-state index contributed by atoms with van der Waals surface area (Å²) >= 11 is 0. The molecular formula is C16H30N2O. The summed E-state index contributed by atoms with van der Waals surface area (Å²) in [5.41, 5.74) is -0.211. The number of piperidine rings is 1. The molecule has 110 valence electrons. The highest BCUT2D eigenvalue weighted by Crippen LogP contribution is 2.36. The minimum atomic E-state index is -0.211. The minimum Gasteiger partial charge on any atom is -0.342 e. The van der Waals surface area contributed by atoms with Gasteiger partial charge in [0.25, 0.3) is 0 Å². The number of rotatable bonds is 6. The Kier molecular flexibility index (Phi) is 4.88. The molecule has 1 aliphatic carbocycles. The zero-order valence-corrected chi connectivity index (χ0v) is 12.9. The molecule has 3 nitrogen and oxygen atoms in total. The SMILES string of the molecule is CCCN(CC1CC1)C(=O)C(C)(C)C1CCCNC1. The van der Waals surface area contributed by atoms with Crippen LogP contribution in [0.3, 0.4) is 0 Å². The van der Waals surface area contributed by atoms with Crippen molar-refractivity contribution in [3.05, 3.63) is 0 Å². The highest BCUT2D eigenvalue weighted by molar-refractivity contribution is 5.82. The summed E-state index contributed by atoms with van der Waals surface area (Å²) in [5.74, 6) is 1.66. The van der Waals surface area contributed by atoms with E-state index >= 15 is 0 Å². The van der Waals surface area contributed by atoms with E-state index in [2.05, 4.69) is 31.0 Å². The fraction of sp³-hybridized carbons (Fsp3) is 0.938. The smallest absolute Gasteiger partial charge is 0.228 e. The number of carbonyl (C=O) groups excluding carboxylic acids is 1. The summed E-state index contributed by atoms with van der Waals surface area (Å²) in [6.45, 7) is 10.5. The van der Waals surface area contributed by atoms with Crippen LogP contribution in [0.25, 0.3) is 0 Å². The van der Waals surface area contributed by atoms with Crippen molar-refractivity contribution in [2.24, 2.45) is 17.3 Å². The third-order valence-electron chi connectivity index (χ3n) is 4.82. The largest absolute Gasteiger partial charge is 0.342 e. The third kappa shape index (κ3) is 3.71.